The van der Waals surface area contributed by atoms with E-state index in [4.69, 9.17) is 14.7 Å². The van der Waals surface area contributed by atoms with E-state index in [1.54, 1.807) is 0 Å². The number of nitrogens with zero attached hydrogens (tertiary/aromatic N) is 3. The zero-order valence-corrected chi connectivity index (χ0v) is 39.4. The molecule has 1 saturated carbocycles. The normalized spacial score (nSPS) is 15.9. The van der Waals surface area contributed by atoms with Gasteiger partial charge in [-0.25, -0.2) is 4.33 Å². The number of rotatable bonds is 11. The largest absolute Gasteiger partial charge is 0.507 e. The van der Waals surface area contributed by atoms with Gasteiger partial charge in [-0.05, 0) is 78.1 Å². The Bertz CT molecular complexity index is 2220. The number of phenols is 2. The van der Waals surface area contributed by atoms with E-state index in [0.717, 1.165) is 53.6 Å². The van der Waals surface area contributed by atoms with Crippen molar-refractivity contribution in [3.8, 4) is 11.5 Å². The molecular weight excluding hydrogens is 804 g/mol. The molecule has 0 heterocycles. The van der Waals surface area contributed by atoms with Crippen molar-refractivity contribution < 1.29 is 36.1 Å². The van der Waals surface area contributed by atoms with Gasteiger partial charge in [-0.2, -0.15) is 0 Å². The third-order valence-electron chi connectivity index (χ3n) is 11.2. The number of ether oxygens (including phenoxy) is 1. The average Bonchev–Trinajstić information content (AvgIpc) is 3.20. The summed E-state index contributed by atoms with van der Waals surface area (Å²) in [6.45, 7) is 15.3. The van der Waals surface area contributed by atoms with Crippen LogP contribution >= 0.6 is 7.05 Å². The van der Waals surface area contributed by atoms with E-state index in [1.807, 2.05) is 37.6 Å². The monoisotopic (exact) mass is 871 g/mol. The Hall–Kier alpha value is -4.26. The van der Waals surface area contributed by atoms with Gasteiger partial charge in [0.05, 0.1) is 18.7 Å². The van der Waals surface area contributed by atoms with Crippen molar-refractivity contribution in [3.05, 3.63) is 163 Å². The number of aliphatic imine (C=N–C) groups is 2. The third-order valence-corrected chi connectivity index (χ3v) is 15.3. The van der Waals surface area contributed by atoms with Gasteiger partial charge in [0.1, 0.15) is 24.9 Å². The van der Waals surface area contributed by atoms with E-state index in [2.05, 4.69) is 150 Å². The minimum Gasteiger partial charge on any atom is -0.507 e. The van der Waals surface area contributed by atoms with Gasteiger partial charge in [-0.1, -0.05) is 121 Å². The quantitative estimate of drug-likeness (QED) is 0.0788. The summed E-state index contributed by atoms with van der Waals surface area (Å²) in [6.07, 6.45) is 8.15. The second-order valence-corrected chi connectivity index (χ2v) is 21.0. The first-order valence-corrected chi connectivity index (χ1v) is 22.2. The van der Waals surface area contributed by atoms with Crippen LogP contribution in [0.1, 0.15) is 101 Å². The maximum Gasteiger partial charge on any atom is 0.200 e. The van der Waals surface area contributed by atoms with Crippen molar-refractivity contribution >= 4 is 35.8 Å². The molecule has 323 valence electrons. The summed E-state index contributed by atoms with van der Waals surface area (Å²) in [7, 11) is -0.139. The van der Waals surface area contributed by atoms with Crippen LogP contribution in [0.4, 0.5) is 5.69 Å². The molecule has 60 heavy (non-hydrogen) atoms. The van der Waals surface area contributed by atoms with E-state index in [1.165, 1.54) is 16.2 Å². The summed E-state index contributed by atoms with van der Waals surface area (Å²) >= 11 is 0. The summed E-state index contributed by atoms with van der Waals surface area (Å²) < 4.78 is 9.15. The van der Waals surface area contributed by atoms with Crippen molar-refractivity contribution in [1.82, 2.24) is 0 Å². The van der Waals surface area contributed by atoms with Crippen molar-refractivity contribution in [1.29, 1.82) is 0 Å². The Morgan fingerprint density at radius 1 is 0.683 bits per heavy atom. The molecule has 6 nitrogen and oxygen atoms in total. The fraction of sp³-hybridized carbons (Fsp3) is 0.346. The first-order valence-electron chi connectivity index (χ1n) is 20.3. The minimum absolute atomic E-state index is 0. The number of benzene rings is 5. The molecule has 5 aromatic rings. The molecule has 1 aliphatic carbocycles. The first-order chi connectivity index (χ1) is 27.2. The van der Waals surface area contributed by atoms with Gasteiger partial charge in [0.15, 0.2) is 7.05 Å². The maximum absolute atomic E-state index is 11.7. The molecule has 0 amide bonds. The number of hydrogen-bond donors (Lipinski definition) is 2. The van der Waals surface area contributed by atoms with Crippen molar-refractivity contribution in [2.45, 2.75) is 104 Å². The number of para-hydroxylation sites is 1. The fourth-order valence-electron chi connectivity index (χ4n) is 7.85. The van der Waals surface area contributed by atoms with Crippen molar-refractivity contribution in [2.75, 3.05) is 13.4 Å². The van der Waals surface area contributed by atoms with Gasteiger partial charge in [-0.3, -0.25) is 9.98 Å². The number of phenolic OH excluding ortho intramolecular Hbond substituents is 2. The predicted octanol–water partition coefficient (Wildman–Crippen LogP) is 12.0. The van der Waals surface area contributed by atoms with Gasteiger partial charge in [0.2, 0.25) is 5.69 Å². The summed E-state index contributed by atoms with van der Waals surface area (Å²) in [6, 6.07) is 40.0. The van der Waals surface area contributed by atoms with Gasteiger partial charge in [-0.15, -0.1) is 0 Å². The molecule has 0 bridgehead atoms. The Morgan fingerprint density at radius 2 is 1.17 bits per heavy atom. The second-order valence-electron chi connectivity index (χ2n) is 17.6. The van der Waals surface area contributed by atoms with E-state index in [-0.39, 0.29) is 66.9 Å². The molecule has 2 N–H and O–H groups in total. The maximum atomic E-state index is 11.7. The second kappa shape index (κ2) is 21.5. The first kappa shape index (κ1) is 50.1. The third kappa shape index (κ3) is 11.6. The molecule has 1 aliphatic rings. The van der Waals surface area contributed by atoms with Crippen molar-refractivity contribution in [3.63, 3.8) is 0 Å². The van der Waals surface area contributed by atoms with Crippen LogP contribution in [0.3, 0.4) is 0 Å². The number of aryl methyl sites for hydroxylation is 1. The molecule has 2 unspecified atom stereocenters. The number of aromatic hydroxyl groups is 2. The van der Waals surface area contributed by atoms with Crippen LogP contribution in [0.2, 0.25) is 0 Å². The number of hydrogen-bond acceptors (Lipinski definition) is 5. The average molecular weight is 872 g/mol. The Balaban J connectivity index is 0.00000320. The molecule has 6 rings (SSSR count). The standard InChI is InChI=1S/C50H60N3O3P.2CH3.Co/c1-36-28-37(32-51-45-26-18-19-27-46(45)52-33-38-30-40(49(2,3)4)31-44(48(38)55)50(5,6)7)47(54)39(29-36)34-56-35-57(42-22-14-10-15-23-42,43-24-16-11-17-25-43)53(8)41-20-12-9-13-21-41;;;/h9-17,20-25,28-33,45-46H,18-19,26-27,34-35H2,1-8H3,(H-,51,52,54,55);2*1H3;/q;2*-1;/p+1. The Labute approximate surface area is 372 Å². The Kier molecular flexibility index (Phi) is 18.0. The minimum atomic E-state index is -2.31. The molecule has 0 aliphatic heterocycles. The Morgan fingerprint density at radius 3 is 1.65 bits per heavy atom. The zero-order valence-electron chi connectivity index (χ0n) is 37.4. The van der Waals surface area contributed by atoms with Crippen LogP contribution in [0.5, 0.6) is 11.5 Å². The summed E-state index contributed by atoms with van der Waals surface area (Å²) in [4.78, 5) is 10.2. The smallest absolute Gasteiger partial charge is 0.200 e. The van der Waals surface area contributed by atoms with E-state index < -0.39 is 7.05 Å². The van der Waals surface area contributed by atoms with Crippen LogP contribution in [0.15, 0.2) is 125 Å². The van der Waals surface area contributed by atoms with Crippen LogP contribution in [-0.2, 0) is 39.0 Å². The summed E-state index contributed by atoms with van der Waals surface area (Å²) in [5, 5.41) is 25.5. The van der Waals surface area contributed by atoms with Crippen LogP contribution in [0.25, 0.3) is 0 Å². The molecule has 5 aromatic carbocycles. The van der Waals surface area contributed by atoms with Crippen LogP contribution in [-0.4, -0.2) is 52.4 Å². The summed E-state index contributed by atoms with van der Waals surface area (Å²) in [5.41, 5.74) is 6.15. The molecule has 0 spiro atoms. The molecule has 1 fully saturated rings. The molecule has 8 heteroatoms. The van der Waals surface area contributed by atoms with Gasteiger partial charge >= 0.3 is 0 Å². The topological polar surface area (TPSA) is 77.4 Å². The predicted molar refractivity (Wildman–Crippen MR) is 253 cm³/mol. The molecular formula is C52H67CoN3O3P-. The van der Waals surface area contributed by atoms with Gasteiger partial charge < -0.3 is 29.8 Å². The molecule has 0 saturated heterocycles. The summed E-state index contributed by atoms with van der Waals surface area (Å²) in [5.74, 6) is 0.492. The van der Waals surface area contributed by atoms with E-state index in [9.17, 15) is 10.2 Å². The van der Waals surface area contributed by atoms with Crippen LogP contribution in [0, 0.1) is 21.8 Å². The van der Waals surface area contributed by atoms with E-state index in [0.29, 0.717) is 17.7 Å². The zero-order chi connectivity index (χ0) is 40.8. The van der Waals surface area contributed by atoms with Gasteiger partial charge in [0, 0.05) is 74.2 Å². The molecule has 0 aromatic heterocycles. The van der Waals surface area contributed by atoms with Crippen molar-refractivity contribution in [2.24, 2.45) is 9.98 Å². The van der Waals surface area contributed by atoms with Crippen LogP contribution < -0.4 is 10.6 Å². The van der Waals surface area contributed by atoms with Gasteiger partial charge in [0.25, 0.3) is 0 Å². The fourth-order valence-corrected chi connectivity index (χ4v) is 11.5. The molecule has 1 radical (unpaired) electrons. The molecule has 2 atom stereocenters. The van der Waals surface area contributed by atoms with E-state index >= 15 is 0 Å². The SMILES string of the molecule is Cc1cc(C=NC2CCCCC2N=Cc2cc(C(C)(C)C)cc(C(C)(C)C)c2O)c(O)c(COCP(c2ccccc2)(c2ccccc2)=[N+](C)c2ccccc2)c1.[CH3-].[CH3-].[Co].